The summed E-state index contributed by atoms with van der Waals surface area (Å²) in [5.41, 5.74) is 4.26. The highest BCUT2D eigenvalue weighted by atomic mass is 16.2. The molecule has 16 heavy (non-hydrogen) atoms. The summed E-state index contributed by atoms with van der Waals surface area (Å²) in [4.78, 5) is 1.55. The predicted octanol–water partition coefficient (Wildman–Crippen LogP) is 1.08. The van der Waals surface area contributed by atoms with Gasteiger partial charge in [0.1, 0.15) is 0 Å². The van der Waals surface area contributed by atoms with Crippen LogP contribution in [0.4, 0.5) is 0 Å². The third-order valence-corrected chi connectivity index (χ3v) is 2.62. The molecule has 0 saturated heterocycles. The van der Waals surface area contributed by atoms with Crippen LogP contribution >= 0.6 is 0 Å². The zero-order chi connectivity index (χ0) is 11.7. The van der Waals surface area contributed by atoms with Gasteiger partial charge in [0, 0.05) is 12.6 Å². The van der Waals surface area contributed by atoms with Gasteiger partial charge in [-0.2, -0.15) is 5.10 Å². The number of nitrogens with zero attached hydrogens (tertiary/aromatic N) is 2. The van der Waals surface area contributed by atoms with Gasteiger partial charge in [0.15, 0.2) is 0 Å². The van der Waals surface area contributed by atoms with Crippen LogP contribution in [0.5, 0.6) is 0 Å². The number of rotatable bonds is 1. The van der Waals surface area contributed by atoms with Gasteiger partial charge in [0.05, 0.1) is 6.21 Å². The van der Waals surface area contributed by atoms with E-state index in [9.17, 15) is 5.02 Å². The smallest absolute Gasteiger partial charge is 0.428 e. The van der Waals surface area contributed by atoms with Crippen molar-refractivity contribution in [1.82, 2.24) is 4.92 Å². The summed E-state index contributed by atoms with van der Waals surface area (Å²) in [7, 11) is 1.11. The Morgan fingerprint density at radius 3 is 2.88 bits per heavy atom. The maximum Gasteiger partial charge on any atom is 0.466 e. The highest BCUT2D eigenvalue weighted by molar-refractivity contribution is 6.65. The summed E-state index contributed by atoms with van der Waals surface area (Å²) >= 11 is 0. The first-order valence-electron chi connectivity index (χ1n) is 5.32. The van der Waals surface area contributed by atoms with Gasteiger partial charge in [0.25, 0.3) is 0 Å². The molecule has 2 rings (SSSR count). The molecule has 0 amide bonds. The average Bonchev–Trinajstić information content (AvgIpc) is 2.23. The minimum atomic E-state index is -0.648. The van der Waals surface area contributed by atoms with Crippen molar-refractivity contribution in [3.8, 4) is 0 Å². The van der Waals surface area contributed by atoms with Crippen molar-refractivity contribution < 1.29 is 5.02 Å². The van der Waals surface area contributed by atoms with E-state index in [1.165, 1.54) is 5.57 Å². The third kappa shape index (κ3) is 1.88. The molecule has 0 bridgehead atoms. The zero-order valence-electron chi connectivity index (χ0n) is 9.81. The fourth-order valence-electron chi connectivity index (χ4n) is 1.83. The maximum atomic E-state index is 9.98. The summed E-state index contributed by atoms with van der Waals surface area (Å²) in [5.74, 6) is 0. The van der Waals surface area contributed by atoms with E-state index in [4.69, 9.17) is 0 Å². The fourth-order valence-corrected chi connectivity index (χ4v) is 1.83. The van der Waals surface area contributed by atoms with E-state index in [0.717, 1.165) is 16.6 Å². The molecule has 1 aliphatic rings. The zero-order valence-corrected chi connectivity index (χ0v) is 9.81. The summed E-state index contributed by atoms with van der Waals surface area (Å²) in [5, 5.41) is 14.1. The summed E-state index contributed by atoms with van der Waals surface area (Å²) in [6, 6.07) is 5.93. The predicted molar refractivity (Wildman–Crippen MR) is 68.7 cm³/mol. The van der Waals surface area contributed by atoms with Crippen molar-refractivity contribution in [1.29, 1.82) is 0 Å². The van der Waals surface area contributed by atoms with E-state index >= 15 is 0 Å². The van der Waals surface area contributed by atoms with Crippen LogP contribution in [0.3, 0.4) is 0 Å². The summed E-state index contributed by atoms with van der Waals surface area (Å²) in [6.45, 7) is 4.11. The van der Waals surface area contributed by atoms with Gasteiger partial charge in [0.2, 0.25) is 0 Å². The second-order valence-electron chi connectivity index (χ2n) is 4.26. The Hall–Kier alpha value is -1.55. The van der Waals surface area contributed by atoms with Crippen molar-refractivity contribution in [3.63, 3.8) is 0 Å². The van der Waals surface area contributed by atoms with Gasteiger partial charge in [-0.05, 0) is 24.9 Å². The van der Waals surface area contributed by atoms with Gasteiger partial charge in [-0.1, -0.05) is 29.8 Å². The van der Waals surface area contributed by atoms with E-state index in [2.05, 4.69) is 25.0 Å². The second kappa shape index (κ2) is 4.14. The molecule has 0 atom stereocenters. The number of benzene rings is 1. The Morgan fingerprint density at radius 2 is 2.19 bits per heavy atom. The first kappa shape index (κ1) is 11.0. The molecule has 0 spiro atoms. The molecule has 4 heteroatoms. The van der Waals surface area contributed by atoms with E-state index in [0.29, 0.717) is 0 Å². The van der Waals surface area contributed by atoms with Crippen LogP contribution in [0.2, 0.25) is 0 Å². The molecular weight excluding hydrogens is 199 g/mol. The molecule has 3 nitrogen and oxygen atoms in total. The van der Waals surface area contributed by atoms with Gasteiger partial charge in [-0.15, -0.1) is 0 Å². The molecule has 1 N–H and O–H groups in total. The molecule has 1 aromatic carbocycles. The molecule has 1 aromatic rings. The van der Waals surface area contributed by atoms with Crippen LogP contribution in [0.15, 0.2) is 28.9 Å². The topological polar surface area (TPSA) is 35.8 Å². The molecule has 1 heterocycles. The minimum Gasteiger partial charge on any atom is -0.428 e. The highest BCUT2D eigenvalue weighted by Gasteiger charge is 2.26. The summed E-state index contributed by atoms with van der Waals surface area (Å²) in [6.07, 6.45) is 3.90. The number of allylic oxidation sites excluding steroid dienone is 1. The monoisotopic (exact) mass is 214 g/mol. The standard InChI is InChI=1S/C12H15BN2O/c1-9(2)7-10-5-4-6-12-11(10)8-14-15(3)13(12)16/h4-8,16H,1-3H3. The number of hydrogen-bond donors (Lipinski definition) is 1. The van der Waals surface area contributed by atoms with E-state index in [1.54, 1.807) is 18.2 Å². The van der Waals surface area contributed by atoms with Gasteiger partial charge in [-0.25, -0.2) is 0 Å². The lowest BCUT2D eigenvalue weighted by Gasteiger charge is -2.23. The average molecular weight is 214 g/mol. The lowest BCUT2D eigenvalue weighted by molar-refractivity contribution is 0.442. The quantitative estimate of drug-likeness (QED) is 0.710. The summed E-state index contributed by atoms with van der Waals surface area (Å²) < 4.78 is 0. The van der Waals surface area contributed by atoms with E-state index in [1.807, 2.05) is 18.2 Å². The van der Waals surface area contributed by atoms with Crippen molar-refractivity contribution in [2.75, 3.05) is 7.05 Å². The molecule has 0 radical (unpaired) electrons. The molecule has 1 aliphatic heterocycles. The van der Waals surface area contributed by atoms with E-state index < -0.39 is 7.05 Å². The first-order valence-corrected chi connectivity index (χ1v) is 5.32. The Morgan fingerprint density at radius 1 is 1.44 bits per heavy atom. The second-order valence-corrected chi connectivity index (χ2v) is 4.26. The third-order valence-electron chi connectivity index (χ3n) is 2.62. The molecular formula is C12H15BN2O. The Labute approximate surface area is 96.2 Å². The van der Waals surface area contributed by atoms with Crippen LogP contribution < -0.4 is 5.46 Å². The molecule has 82 valence electrons. The molecule has 0 aliphatic carbocycles. The van der Waals surface area contributed by atoms with Crippen molar-refractivity contribution >= 4 is 24.8 Å². The van der Waals surface area contributed by atoms with Crippen LogP contribution in [-0.4, -0.2) is 30.3 Å². The normalized spacial score (nSPS) is 13.8. The van der Waals surface area contributed by atoms with Crippen LogP contribution in [-0.2, 0) is 0 Å². The van der Waals surface area contributed by atoms with Crippen LogP contribution in [0, 0.1) is 0 Å². The van der Waals surface area contributed by atoms with Crippen LogP contribution in [0.25, 0.3) is 6.08 Å². The lowest BCUT2D eigenvalue weighted by Crippen LogP contribution is -2.48. The molecule has 0 saturated carbocycles. The van der Waals surface area contributed by atoms with Gasteiger partial charge in [-0.3, -0.25) is 0 Å². The SMILES string of the molecule is CC(C)=Cc1cccc2c1C=NN(C)B2O. The molecule has 0 aromatic heterocycles. The van der Waals surface area contributed by atoms with Gasteiger partial charge >= 0.3 is 7.05 Å². The molecule has 0 fully saturated rings. The Kier molecular flexibility index (Phi) is 2.83. The van der Waals surface area contributed by atoms with Crippen molar-refractivity contribution in [3.05, 3.63) is 34.9 Å². The Balaban J connectivity index is 2.56. The fraction of sp³-hybridized carbons (Fsp3) is 0.250. The van der Waals surface area contributed by atoms with Gasteiger partial charge < -0.3 is 9.94 Å². The minimum absolute atomic E-state index is 0.648. The van der Waals surface area contributed by atoms with Crippen molar-refractivity contribution in [2.45, 2.75) is 13.8 Å². The first-order chi connectivity index (χ1) is 7.59. The maximum absolute atomic E-state index is 9.98. The van der Waals surface area contributed by atoms with Crippen molar-refractivity contribution in [2.24, 2.45) is 5.10 Å². The highest BCUT2D eigenvalue weighted by Crippen LogP contribution is 2.13. The lowest BCUT2D eigenvalue weighted by atomic mass is 9.69. The molecule has 0 unspecified atom stereocenters. The Bertz CT molecular complexity index is 464. The number of hydrazone groups is 1. The van der Waals surface area contributed by atoms with Crippen LogP contribution in [0.1, 0.15) is 25.0 Å². The van der Waals surface area contributed by atoms with E-state index in [-0.39, 0.29) is 0 Å². The number of hydrogen-bond acceptors (Lipinski definition) is 3. The largest absolute Gasteiger partial charge is 0.466 e. The number of fused-ring (bicyclic) bond motifs is 1.